The molecule has 1 aliphatic heterocycles. The number of amides is 1. The molecule has 0 radical (unpaired) electrons. The van der Waals surface area contributed by atoms with Crippen molar-refractivity contribution in [2.75, 3.05) is 5.32 Å². The maximum Gasteiger partial charge on any atom is 0.353 e. The van der Waals surface area contributed by atoms with Crippen molar-refractivity contribution in [1.29, 1.82) is 0 Å². The van der Waals surface area contributed by atoms with Gasteiger partial charge in [-0.2, -0.15) is 0 Å². The largest absolute Gasteiger partial charge is 0.422 e. The molecule has 2 aliphatic rings. The first kappa shape index (κ1) is 18.4. The Morgan fingerprint density at radius 1 is 1.17 bits per heavy atom. The molecule has 5 rings (SSSR count). The first-order valence-corrected chi connectivity index (χ1v) is 11.4. The summed E-state index contributed by atoms with van der Waals surface area (Å²) in [6, 6.07) is 10.8. The lowest BCUT2D eigenvalue weighted by molar-refractivity contribution is 0.0739. The maximum atomic E-state index is 12.8. The normalized spacial score (nSPS) is 20.2. The molecule has 29 heavy (non-hydrogen) atoms. The lowest BCUT2D eigenvalue weighted by Gasteiger charge is -2.27. The fourth-order valence-corrected chi connectivity index (χ4v) is 5.95. The number of hydrogen-bond donors (Lipinski definition) is 2. The second kappa shape index (κ2) is 7.31. The van der Waals surface area contributed by atoms with Crippen LogP contribution in [0.25, 0.3) is 0 Å². The van der Waals surface area contributed by atoms with E-state index in [9.17, 15) is 9.59 Å². The Labute approximate surface area is 176 Å². The molecule has 3 heterocycles. The minimum absolute atomic E-state index is 0.0102. The number of rotatable bonds is 3. The molecule has 148 valence electrons. The molecule has 0 saturated carbocycles. The van der Waals surface area contributed by atoms with Gasteiger partial charge in [0.25, 0.3) is 5.91 Å². The number of thiophene rings is 2. The number of esters is 1. The zero-order valence-electron chi connectivity index (χ0n) is 15.9. The van der Waals surface area contributed by atoms with Gasteiger partial charge in [-0.3, -0.25) is 4.79 Å². The van der Waals surface area contributed by atoms with Crippen LogP contribution < -0.4 is 15.4 Å². The van der Waals surface area contributed by atoms with E-state index >= 15 is 0 Å². The van der Waals surface area contributed by atoms with Crippen LogP contribution in [0.3, 0.4) is 0 Å². The van der Waals surface area contributed by atoms with Crippen molar-refractivity contribution < 1.29 is 14.3 Å². The second-order valence-corrected chi connectivity index (χ2v) is 9.60. The predicted molar refractivity (Wildman–Crippen MR) is 115 cm³/mol. The lowest BCUT2D eigenvalue weighted by Crippen LogP contribution is -2.38. The average molecular weight is 425 g/mol. The van der Waals surface area contributed by atoms with E-state index in [1.54, 1.807) is 29.5 Å². The predicted octanol–water partition coefficient (Wildman–Crippen LogP) is 5.01. The van der Waals surface area contributed by atoms with Gasteiger partial charge in [-0.15, -0.1) is 22.7 Å². The van der Waals surface area contributed by atoms with Crippen molar-refractivity contribution >= 4 is 39.6 Å². The third kappa shape index (κ3) is 3.45. The number of ether oxygens (including phenoxy) is 1. The molecular formula is C22H20N2O3S2. The Hall–Kier alpha value is -2.64. The van der Waals surface area contributed by atoms with E-state index in [1.807, 2.05) is 23.6 Å². The summed E-state index contributed by atoms with van der Waals surface area (Å²) in [6.45, 7) is 2.27. The number of carbonyl (C=O) groups is 2. The van der Waals surface area contributed by atoms with Crippen molar-refractivity contribution in [1.82, 2.24) is 5.32 Å². The topological polar surface area (TPSA) is 67.4 Å². The van der Waals surface area contributed by atoms with Crippen LogP contribution in [-0.4, -0.2) is 11.9 Å². The van der Waals surface area contributed by atoms with Crippen LogP contribution in [-0.2, 0) is 12.8 Å². The molecule has 1 aromatic carbocycles. The molecule has 7 heteroatoms. The molecule has 0 saturated heterocycles. The Bertz CT molecular complexity index is 1070. The Balaban J connectivity index is 1.33. The summed E-state index contributed by atoms with van der Waals surface area (Å²) in [6.07, 6.45) is 2.87. The first-order valence-electron chi connectivity index (χ1n) is 9.66. The van der Waals surface area contributed by atoms with Crippen LogP contribution in [0.4, 0.5) is 5.00 Å². The molecule has 1 aliphatic carbocycles. The van der Waals surface area contributed by atoms with Gasteiger partial charge in [0, 0.05) is 4.88 Å². The van der Waals surface area contributed by atoms with E-state index in [0.29, 0.717) is 16.5 Å². The minimum Gasteiger partial charge on any atom is -0.422 e. The van der Waals surface area contributed by atoms with Crippen molar-refractivity contribution in [2.45, 2.75) is 32.4 Å². The van der Waals surface area contributed by atoms with Crippen LogP contribution in [0.5, 0.6) is 5.75 Å². The highest BCUT2D eigenvalue weighted by atomic mass is 32.1. The van der Waals surface area contributed by atoms with Gasteiger partial charge in [0.05, 0.1) is 5.56 Å². The van der Waals surface area contributed by atoms with Crippen molar-refractivity contribution in [3.8, 4) is 5.75 Å². The fraction of sp³-hybridized carbons (Fsp3) is 0.273. The van der Waals surface area contributed by atoms with E-state index in [4.69, 9.17) is 4.74 Å². The molecular weight excluding hydrogens is 404 g/mol. The van der Waals surface area contributed by atoms with Crippen LogP contribution in [0.15, 0.2) is 41.8 Å². The average Bonchev–Trinajstić information content (AvgIpc) is 3.36. The smallest absolute Gasteiger partial charge is 0.353 e. The summed E-state index contributed by atoms with van der Waals surface area (Å²) >= 11 is 3.06. The van der Waals surface area contributed by atoms with E-state index in [2.05, 4.69) is 17.6 Å². The Kier molecular flexibility index (Phi) is 4.64. The third-order valence-corrected chi connectivity index (χ3v) is 7.47. The Morgan fingerprint density at radius 3 is 2.76 bits per heavy atom. The fourth-order valence-electron chi connectivity index (χ4n) is 3.91. The summed E-state index contributed by atoms with van der Waals surface area (Å²) in [5.74, 6) is 0.783. The van der Waals surface area contributed by atoms with Crippen molar-refractivity contribution in [3.63, 3.8) is 0 Å². The molecule has 0 bridgehead atoms. The van der Waals surface area contributed by atoms with Crippen LogP contribution in [0.1, 0.15) is 55.5 Å². The summed E-state index contributed by atoms with van der Waals surface area (Å²) in [4.78, 5) is 26.8. The summed E-state index contributed by atoms with van der Waals surface area (Å²) in [5, 5.41) is 9.35. The van der Waals surface area contributed by atoms with E-state index in [1.165, 1.54) is 21.8 Å². The van der Waals surface area contributed by atoms with Gasteiger partial charge >= 0.3 is 5.97 Å². The lowest BCUT2D eigenvalue weighted by atomic mass is 9.88. The molecule has 5 nitrogen and oxygen atoms in total. The van der Waals surface area contributed by atoms with Crippen molar-refractivity contribution in [3.05, 3.63) is 68.2 Å². The molecule has 0 fully saturated rings. The number of anilines is 1. The molecule has 3 aromatic rings. The molecule has 0 spiro atoms. The SMILES string of the molecule is C[C@@H]1CCc2c(sc3c2C(=O)N[C@H](c2ccc(OC(=O)c4cccs4)cc2)N3)C1. The standard InChI is InChI=1S/C22H20N2O3S2/c1-12-4-9-15-17(11-12)29-21-18(15)20(25)23-19(24-21)13-5-7-14(8-6-13)27-22(26)16-3-2-10-28-16/h2-3,5-8,10,12,19,24H,4,9,11H2,1H3,(H,23,25)/t12-,19+/m1/s1. The highest BCUT2D eigenvalue weighted by Gasteiger charge is 2.33. The monoisotopic (exact) mass is 424 g/mol. The van der Waals surface area contributed by atoms with E-state index < -0.39 is 0 Å². The van der Waals surface area contributed by atoms with Gasteiger partial charge in [-0.25, -0.2) is 4.79 Å². The highest BCUT2D eigenvalue weighted by Crippen LogP contribution is 2.42. The third-order valence-electron chi connectivity index (χ3n) is 5.44. The van der Waals surface area contributed by atoms with E-state index in [0.717, 1.165) is 35.4 Å². The van der Waals surface area contributed by atoms with Gasteiger partial charge in [-0.1, -0.05) is 25.1 Å². The van der Waals surface area contributed by atoms with Gasteiger partial charge in [0.1, 0.15) is 21.8 Å². The van der Waals surface area contributed by atoms with Crippen LogP contribution >= 0.6 is 22.7 Å². The summed E-state index contributed by atoms with van der Waals surface area (Å²) in [7, 11) is 0. The molecule has 0 unspecified atom stereocenters. The number of hydrogen-bond acceptors (Lipinski definition) is 6. The van der Waals surface area contributed by atoms with Crippen LogP contribution in [0, 0.1) is 5.92 Å². The second-order valence-electron chi connectivity index (χ2n) is 7.54. The van der Waals surface area contributed by atoms with Gasteiger partial charge in [0.2, 0.25) is 0 Å². The Morgan fingerprint density at radius 2 is 2.00 bits per heavy atom. The maximum absolute atomic E-state index is 12.8. The first-order chi connectivity index (χ1) is 14.1. The van der Waals surface area contributed by atoms with Crippen molar-refractivity contribution in [2.24, 2.45) is 5.92 Å². The molecule has 2 aromatic heterocycles. The van der Waals surface area contributed by atoms with Crippen LogP contribution in [0.2, 0.25) is 0 Å². The molecule has 2 atom stereocenters. The summed E-state index contributed by atoms with van der Waals surface area (Å²) in [5.41, 5.74) is 2.97. The summed E-state index contributed by atoms with van der Waals surface area (Å²) < 4.78 is 5.41. The number of fused-ring (bicyclic) bond motifs is 3. The number of benzene rings is 1. The molecule has 2 N–H and O–H groups in total. The van der Waals surface area contributed by atoms with Gasteiger partial charge in [0.15, 0.2) is 0 Å². The quantitative estimate of drug-likeness (QED) is 0.458. The van der Waals surface area contributed by atoms with Gasteiger partial charge in [-0.05, 0) is 59.9 Å². The molecule has 1 amide bonds. The zero-order valence-corrected chi connectivity index (χ0v) is 17.5. The van der Waals surface area contributed by atoms with Gasteiger partial charge < -0.3 is 15.4 Å². The zero-order chi connectivity index (χ0) is 20.0. The van der Waals surface area contributed by atoms with E-state index in [-0.39, 0.29) is 18.0 Å². The number of carbonyl (C=O) groups excluding carboxylic acids is 2. The highest BCUT2D eigenvalue weighted by molar-refractivity contribution is 7.16. The number of nitrogens with one attached hydrogen (secondary N) is 2. The minimum atomic E-state index is -0.361.